The average Bonchev–Trinajstić information content (AvgIpc) is 2.48. The number of hydrogen-bond donors (Lipinski definition) is 2. The third-order valence-corrected chi connectivity index (χ3v) is 3.18. The van der Waals surface area contributed by atoms with Crippen LogP contribution in [0.3, 0.4) is 0 Å². The fourth-order valence-electron chi connectivity index (χ4n) is 2.12. The molecule has 0 unspecified atom stereocenters. The highest BCUT2D eigenvalue weighted by molar-refractivity contribution is 5.92. The van der Waals surface area contributed by atoms with E-state index in [1.165, 1.54) is 0 Å². The van der Waals surface area contributed by atoms with Crippen molar-refractivity contribution in [3.05, 3.63) is 29.8 Å². The fourth-order valence-corrected chi connectivity index (χ4v) is 2.12. The molecule has 1 aromatic rings. The highest BCUT2D eigenvalue weighted by Gasteiger charge is 2.13. The maximum Gasteiger partial charge on any atom is 0.246 e. The summed E-state index contributed by atoms with van der Waals surface area (Å²) in [5, 5.41) is 3.22. The SMILES string of the molecule is CCOc1ccc(/C=C\C(=O)N2CCNCC2)cc1N. The Morgan fingerprint density at radius 2 is 2.20 bits per heavy atom. The molecule has 0 bridgehead atoms. The number of carbonyl (C=O) groups excluding carboxylic acids is 1. The minimum absolute atomic E-state index is 0.0407. The maximum absolute atomic E-state index is 12.0. The van der Waals surface area contributed by atoms with E-state index in [9.17, 15) is 4.79 Å². The second-order valence-electron chi connectivity index (χ2n) is 4.64. The van der Waals surface area contributed by atoms with E-state index in [2.05, 4.69) is 5.32 Å². The van der Waals surface area contributed by atoms with Gasteiger partial charge in [0, 0.05) is 32.3 Å². The summed E-state index contributed by atoms with van der Waals surface area (Å²) in [5.41, 5.74) is 7.38. The first-order valence-electron chi connectivity index (χ1n) is 6.90. The Morgan fingerprint density at radius 3 is 2.85 bits per heavy atom. The van der Waals surface area contributed by atoms with E-state index < -0.39 is 0 Å². The summed E-state index contributed by atoms with van der Waals surface area (Å²) in [6, 6.07) is 5.53. The Hall–Kier alpha value is -2.01. The van der Waals surface area contributed by atoms with E-state index in [0.717, 1.165) is 31.7 Å². The highest BCUT2D eigenvalue weighted by atomic mass is 16.5. The number of nitrogen functional groups attached to an aromatic ring is 1. The van der Waals surface area contributed by atoms with Crippen LogP contribution in [0, 0.1) is 0 Å². The molecule has 0 saturated carbocycles. The number of benzene rings is 1. The lowest BCUT2D eigenvalue weighted by Gasteiger charge is -2.26. The summed E-state index contributed by atoms with van der Waals surface area (Å²) in [7, 11) is 0. The van der Waals surface area contributed by atoms with Gasteiger partial charge < -0.3 is 20.7 Å². The van der Waals surface area contributed by atoms with Crippen LogP contribution in [0.2, 0.25) is 0 Å². The molecular formula is C15H21N3O2. The van der Waals surface area contributed by atoms with Gasteiger partial charge in [0.05, 0.1) is 12.3 Å². The summed E-state index contributed by atoms with van der Waals surface area (Å²) in [6.45, 7) is 5.73. The molecule has 0 atom stereocenters. The number of hydrogen-bond acceptors (Lipinski definition) is 4. The van der Waals surface area contributed by atoms with Gasteiger partial charge in [-0.3, -0.25) is 4.79 Å². The van der Waals surface area contributed by atoms with Gasteiger partial charge in [-0.25, -0.2) is 0 Å². The van der Waals surface area contributed by atoms with Crippen LogP contribution >= 0.6 is 0 Å². The van der Waals surface area contributed by atoms with Gasteiger partial charge in [-0.15, -0.1) is 0 Å². The minimum Gasteiger partial charge on any atom is -0.492 e. The number of carbonyl (C=O) groups is 1. The molecule has 0 aliphatic carbocycles. The van der Waals surface area contributed by atoms with E-state index in [4.69, 9.17) is 10.5 Å². The molecule has 20 heavy (non-hydrogen) atoms. The molecule has 108 valence electrons. The Bertz CT molecular complexity index is 494. The van der Waals surface area contributed by atoms with E-state index in [1.54, 1.807) is 12.2 Å². The number of nitrogens with one attached hydrogen (secondary N) is 1. The molecule has 1 aromatic carbocycles. The lowest BCUT2D eigenvalue weighted by atomic mass is 10.1. The van der Waals surface area contributed by atoms with Gasteiger partial charge in [0.25, 0.3) is 0 Å². The van der Waals surface area contributed by atoms with E-state index in [0.29, 0.717) is 18.0 Å². The minimum atomic E-state index is 0.0407. The van der Waals surface area contributed by atoms with Crippen molar-refractivity contribution in [1.29, 1.82) is 0 Å². The molecule has 0 radical (unpaired) electrons. The predicted octanol–water partition coefficient (Wildman–Crippen LogP) is 1.11. The zero-order valence-corrected chi connectivity index (χ0v) is 11.8. The first kappa shape index (κ1) is 14.4. The lowest BCUT2D eigenvalue weighted by Crippen LogP contribution is -2.45. The van der Waals surface area contributed by atoms with E-state index in [1.807, 2.05) is 30.0 Å². The molecule has 1 heterocycles. The summed E-state index contributed by atoms with van der Waals surface area (Å²) >= 11 is 0. The van der Waals surface area contributed by atoms with Crippen molar-refractivity contribution < 1.29 is 9.53 Å². The van der Waals surface area contributed by atoms with Gasteiger partial charge in [-0.1, -0.05) is 6.07 Å². The van der Waals surface area contributed by atoms with Crippen molar-refractivity contribution in [1.82, 2.24) is 10.2 Å². The third kappa shape index (κ3) is 3.74. The molecule has 0 aromatic heterocycles. The molecule has 1 saturated heterocycles. The molecule has 3 N–H and O–H groups in total. The van der Waals surface area contributed by atoms with Gasteiger partial charge in [0.2, 0.25) is 5.91 Å². The number of ether oxygens (including phenoxy) is 1. The largest absolute Gasteiger partial charge is 0.492 e. The summed E-state index contributed by atoms with van der Waals surface area (Å²) in [6.07, 6.45) is 3.39. The summed E-state index contributed by atoms with van der Waals surface area (Å²) < 4.78 is 5.38. The normalized spacial score (nSPS) is 15.6. The zero-order valence-electron chi connectivity index (χ0n) is 11.8. The van der Waals surface area contributed by atoms with Crippen molar-refractivity contribution in [3.8, 4) is 5.75 Å². The molecule has 1 amide bonds. The molecule has 0 spiro atoms. The quantitative estimate of drug-likeness (QED) is 0.638. The summed E-state index contributed by atoms with van der Waals surface area (Å²) in [5.74, 6) is 0.719. The molecule has 5 nitrogen and oxygen atoms in total. The lowest BCUT2D eigenvalue weighted by molar-refractivity contribution is -0.126. The van der Waals surface area contributed by atoms with Crippen LogP contribution < -0.4 is 15.8 Å². The Kier molecular flexibility index (Phi) is 5.01. The smallest absolute Gasteiger partial charge is 0.246 e. The Labute approximate surface area is 119 Å². The number of nitrogens with two attached hydrogens (primary N) is 1. The van der Waals surface area contributed by atoms with Gasteiger partial charge in [0.1, 0.15) is 5.75 Å². The van der Waals surface area contributed by atoms with Crippen molar-refractivity contribution in [2.45, 2.75) is 6.92 Å². The fraction of sp³-hybridized carbons (Fsp3) is 0.400. The molecule has 1 fully saturated rings. The van der Waals surface area contributed by atoms with Gasteiger partial charge in [0.15, 0.2) is 0 Å². The predicted molar refractivity (Wildman–Crippen MR) is 80.5 cm³/mol. The van der Waals surface area contributed by atoms with E-state index >= 15 is 0 Å². The highest BCUT2D eigenvalue weighted by Crippen LogP contribution is 2.23. The topological polar surface area (TPSA) is 67.6 Å². The molecule has 5 heteroatoms. The van der Waals surface area contributed by atoms with Crippen molar-refractivity contribution in [3.63, 3.8) is 0 Å². The van der Waals surface area contributed by atoms with Crippen LogP contribution in [0.4, 0.5) is 5.69 Å². The number of piperazine rings is 1. The van der Waals surface area contributed by atoms with Gasteiger partial charge in [-0.05, 0) is 30.7 Å². The average molecular weight is 275 g/mol. The van der Waals surface area contributed by atoms with Crippen molar-refractivity contribution in [2.24, 2.45) is 0 Å². The zero-order chi connectivity index (χ0) is 14.4. The third-order valence-electron chi connectivity index (χ3n) is 3.18. The van der Waals surface area contributed by atoms with Crippen molar-refractivity contribution >= 4 is 17.7 Å². The molecule has 1 aliphatic heterocycles. The number of nitrogens with zero attached hydrogens (tertiary/aromatic N) is 1. The first-order chi connectivity index (χ1) is 9.70. The second-order valence-corrected chi connectivity index (χ2v) is 4.64. The summed E-state index contributed by atoms with van der Waals surface area (Å²) in [4.78, 5) is 13.8. The van der Waals surface area contributed by atoms with Crippen LogP contribution in [0.25, 0.3) is 6.08 Å². The van der Waals surface area contributed by atoms with Gasteiger partial charge >= 0.3 is 0 Å². The Balaban J connectivity index is 1.99. The molecule has 2 rings (SSSR count). The monoisotopic (exact) mass is 275 g/mol. The Morgan fingerprint density at radius 1 is 1.45 bits per heavy atom. The standard InChI is InChI=1S/C15H21N3O2/c1-2-20-14-5-3-12(11-13(14)16)4-6-15(19)18-9-7-17-8-10-18/h3-6,11,17H,2,7-10,16H2,1H3/b6-4-. The van der Waals surface area contributed by atoms with Crippen LogP contribution in [-0.2, 0) is 4.79 Å². The second kappa shape index (κ2) is 6.96. The van der Waals surface area contributed by atoms with Crippen LogP contribution in [0.1, 0.15) is 12.5 Å². The molecule has 1 aliphatic rings. The number of anilines is 1. The van der Waals surface area contributed by atoms with Crippen molar-refractivity contribution in [2.75, 3.05) is 38.5 Å². The number of amides is 1. The maximum atomic E-state index is 12.0. The number of rotatable bonds is 4. The molecular weight excluding hydrogens is 254 g/mol. The van der Waals surface area contributed by atoms with Crippen LogP contribution in [0.15, 0.2) is 24.3 Å². The first-order valence-corrected chi connectivity index (χ1v) is 6.90. The van der Waals surface area contributed by atoms with E-state index in [-0.39, 0.29) is 5.91 Å². The van der Waals surface area contributed by atoms with Crippen LogP contribution in [0.5, 0.6) is 5.75 Å². The van der Waals surface area contributed by atoms with Gasteiger partial charge in [-0.2, -0.15) is 0 Å². The van der Waals surface area contributed by atoms with Crippen LogP contribution in [-0.4, -0.2) is 43.6 Å².